The Bertz CT molecular complexity index is 1440. The van der Waals surface area contributed by atoms with E-state index in [1.54, 1.807) is 18.2 Å². The number of aromatic nitrogens is 2. The Labute approximate surface area is 230 Å². The van der Waals surface area contributed by atoms with Crippen LogP contribution in [0.1, 0.15) is 50.6 Å². The summed E-state index contributed by atoms with van der Waals surface area (Å²) in [4.78, 5) is 3.49. The highest BCUT2D eigenvalue weighted by Gasteiger charge is 2.41. The van der Waals surface area contributed by atoms with E-state index in [9.17, 15) is 8.42 Å². The SMILES string of the molecule is [C-]#[N+]c1ccc(C[C@@H](c2nnc(-c3ccc(NS(=O)(=O)O)cc3)o2)[C@H](C)O[Si](C)(C)C(C)(C)C)c(C)c1Cl. The molecule has 204 valence electrons. The van der Waals surface area contributed by atoms with Crippen molar-refractivity contribution in [3.8, 4) is 11.5 Å². The lowest BCUT2D eigenvalue weighted by Gasteiger charge is -2.40. The Morgan fingerprint density at radius 2 is 1.82 bits per heavy atom. The Balaban J connectivity index is 1.98. The van der Waals surface area contributed by atoms with Crippen molar-refractivity contribution in [2.45, 2.75) is 71.2 Å². The molecule has 0 saturated heterocycles. The molecule has 0 amide bonds. The number of benzene rings is 2. The summed E-state index contributed by atoms with van der Waals surface area (Å²) >= 11 is 6.46. The second-order valence-corrected chi connectivity index (χ2v) is 17.1. The van der Waals surface area contributed by atoms with Crippen LogP contribution in [-0.4, -0.2) is 37.6 Å². The number of anilines is 1. The van der Waals surface area contributed by atoms with Gasteiger partial charge in [-0.25, -0.2) is 4.85 Å². The number of hydrogen-bond acceptors (Lipinski definition) is 6. The summed E-state index contributed by atoms with van der Waals surface area (Å²) in [5, 5.41) is 9.02. The predicted molar refractivity (Wildman–Crippen MR) is 152 cm³/mol. The van der Waals surface area contributed by atoms with Crippen molar-refractivity contribution in [3.63, 3.8) is 0 Å². The lowest BCUT2D eigenvalue weighted by Crippen LogP contribution is -2.44. The van der Waals surface area contributed by atoms with E-state index in [-0.39, 0.29) is 28.6 Å². The van der Waals surface area contributed by atoms with Gasteiger partial charge in [0.15, 0.2) is 8.32 Å². The molecule has 9 nitrogen and oxygen atoms in total. The van der Waals surface area contributed by atoms with Gasteiger partial charge in [0.2, 0.25) is 17.5 Å². The molecule has 2 aromatic carbocycles. The van der Waals surface area contributed by atoms with Crippen LogP contribution in [0.3, 0.4) is 0 Å². The van der Waals surface area contributed by atoms with E-state index in [2.05, 4.69) is 48.9 Å². The van der Waals surface area contributed by atoms with Crippen LogP contribution in [0, 0.1) is 13.5 Å². The Morgan fingerprint density at radius 1 is 1.18 bits per heavy atom. The minimum Gasteiger partial charge on any atom is -0.420 e. The zero-order valence-electron chi connectivity index (χ0n) is 22.5. The molecule has 0 aliphatic carbocycles. The Morgan fingerprint density at radius 3 is 2.37 bits per heavy atom. The van der Waals surface area contributed by atoms with Crippen molar-refractivity contribution in [2.75, 3.05) is 4.72 Å². The molecule has 0 spiro atoms. The highest BCUT2D eigenvalue weighted by atomic mass is 35.5. The van der Waals surface area contributed by atoms with Gasteiger partial charge in [0.05, 0.1) is 29.3 Å². The van der Waals surface area contributed by atoms with E-state index in [0.29, 0.717) is 28.6 Å². The van der Waals surface area contributed by atoms with Crippen molar-refractivity contribution in [1.82, 2.24) is 10.2 Å². The predicted octanol–water partition coefficient (Wildman–Crippen LogP) is 7.20. The van der Waals surface area contributed by atoms with Crippen molar-refractivity contribution >= 4 is 41.6 Å². The first-order valence-corrected chi connectivity index (χ1v) is 16.8. The third-order valence-corrected chi connectivity index (χ3v) is 12.6. The monoisotopic (exact) mass is 576 g/mol. The smallest absolute Gasteiger partial charge is 0.357 e. The first kappa shape index (κ1) is 29.8. The van der Waals surface area contributed by atoms with Crippen molar-refractivity contribution in [3.05, 3.63) is 69.9 Å². The van der Waals surface area contributed by atoms with Gasteiger partial charge in [-0.1, -0.05) is 44.5 Å². The molecule has 2 N–H and O–H groups in total. The summed E-state index contributed by atoms with van der Waals surface area (Å²) in [5.74, 6) is 0.372. The van der Waals surface area contributed by atoms with Crippen LogP contribution in [0.15, 0.2) is 40.8 Å². The van der Waals surface area contributed by atoms with Crippen LogP contribution in [0.5, 0.6) is 0 Å². The summed E-state index contributed by atoms with van der Waals surface area (Å²) in [6.07, 6.45) is 0.252. The van der Waals surface area contributed by atoms with Gasteiger partial charge < -0.3 is 8.84 Å². The third kappa shape index (κ3) is 7.01. The lowest BCUT2D eigenvalue weighted by atomic mass is 9.92. The van der Waals surface area contributed by atoms with Gasteiger partial charge in [-0.15, -0.1) is 10.2 Å². The van der Waals surface area contributed by atoms with Crippen molar-refractivity contribution in [2.24, 2.45) is 0 Å². The van der Waals surface area contributed by atoms with E-state index >= 15 is 0 Å². The molecular weight excluding hydrogens is 544 g/mol. The average molecular weight is 577 g/mol. The highest BCUT2D eigenvalue weighted by molar-refractivity contribution is 7.87. The van der Waals surface area contributed by atoms with E-state index in [1.807, 2.05) is 24.6 Å². The van der Waals surface area contributed by atoms with E-state index in [1.165, 1.54) is 12.1 Å². The second kappa shape index (κ2) is 11.2. The molecule has 0 fully saturated rings. The number of nitrogens with one attached hydrogen (secondary N) is 1. The topological polar surface area (TPSA) is 119 Å². The molecule has 0 aliphatic rings. The van der Waals surface area contributed by atoms with Gasteiger partial charge in [-0.05, 0) is 73.8 Å². The van der Waals surface area contributed by atoms with E-state index < -0.39 is 18.6 Å². The van der Waals surface area contributed by atoms with Gasteiger partial charge in [-0.2, -0.15) is 8.42 Å². The molecule has 1 heterocycles. The summed E-state index contributed by atoms with van der Waals surface area (Å²) in [7, 11) is -6.51. The second-order valence-electron chi connectivity index (χ2n) is 10.8. The van der Waals surface area contributed by atoms with Crippen LogP contribution in [0.2, 0.25) is 23.2 Å². The molecule has 0 bridgehead atoms. The zero-order chi connectivity index (χ0) is 28.5. The van der Waals surface area contributed by atoms with Crippen LogP contribution >= 0.6 is 11.6 Å². The highest BCUT2D eigenvalue weighted by Crippen LogP contribution is 2.40. The number of hydrogen-bond donors (Lipinski definition) is 2. The number of halogens is 1. The van der Waals surface area contributed by atoms with Gasteiger partial charge in [0, 0.05) is 5.56 Å². The molecule has 3 rings (SSSR count). The van der Waals surface area contributed by atoms with E-state index in [4.69, 9.17) is 31.6 Å². The molecule has 0 radical (unpaired) electrons. The third-order valence-electron chi connectivity index (χ3n) is 7.03. The quantitative estimate of drug-likeness (QED) is 0.157. The van der Waals surface area contributed by atoms with Crippen molar-refractivity contribution in [1.29, 1.82) is 0 Å². The summed E-state index contributed by atoms with van der Waals surface area (Å²) < 4.78 is 45.9. The van der Waals surface area contributed by atoms with Gasteiger partial charge in [0.25, 0.3) is 0 Å². The maximum absolute atomic E-state index is 11.1. The zero-order valence-corrected chi connectivity index (χ0v) is 25.1. The van der Waals surface area contributed by atoms with E-state index in [0.717, 1.165) is 11.1 Å². The molecule has 0 saturated carbocycles. The summed E-state index contributed by atoms with van der Waals surface area (Å²) in [6, 6.07) is 9.81. The first-order chi connectivity index (χ1) is 17.5. The molecule has 1 aromatic heterocycles. The molecule has 2 atom stereocenters. The molecule has 0 unspecified atom stereocenters. The molecule has 12 heteroatoms. The minimum atomic E-state index is -4.38. The first-order valence-electron chi connectivity index (χ1n) is 12.0. The fourth-order valence-electron chi connectivity index (χ4n) is 3.76. The molecule has 3 aromatic rings. The van der Waals surface area contributed by atoms with Gasteiger partial charge in [-0.3, -0.25) is 9.27 Å². The van der Waals surface area contributed by atoms with Gasteiger partial charge in [0.1, 0.15) is 0 Å². The van der Waals surface area contributed by atoms with Crippen LogP contribution in [0.4, 0.5) is 11.4 Å². The maximum Gasteiger partial charge on any atom is 0.357 e. The minimum absolute atomic E-state index is 0.000146. The Kier molecular flexibility index (Phi) is 8.75. The Hall–Kier alpha value is -2.75. The maximum atomic E-state index is 11.1. The molecule has 0 aliphatic heterocycles. The van der Waals surface area contributed by atoms with Crippen LogP contribution < -0.4 is 4.72 Å². The number of rotatable bonds is 9. The summed E-state index contributed by atoms with van der Waals surface area (Å²) in [6.45, 7) is 22.2. The largest absolute Gasteiger partial charge is 0.420 e. The van der Waals surface area contributed by atoms with Gasteiger partial charge >= 0.3 is 10.3 Å². The lowest BCUT2D eigenvalue weighted by molar-refractivity contribution is 0.154. The average Bonchev–Trinajstić information content (AvgIpc) is 3.28. The molecule has 38 heavy (non-hydrogen) atoms. The fourth-order valence-corrected chi connectivity index (χ4v) is 5.87. The van der Waals surface area contributed by atoms with Crippen LogP contribution in [-0.2, 0) is 21.2 Å². The fraction of sp³-hybridized carbons (Fsp3) is 0.423. The van der Waals surface area contributed by atoms with Crippen molar-refractivity contribution < 1.29 is 21.8 Å². The van der Waals surface area contributed by atoms with Crippen LogP contribution in [0.25, 0.3) is 16.3 Å². The standard InChI is InChI=1S/C26H33ClN4O5SSi/c1-16-19(11-14-22(28-6)23(16)27)15-21(17(2)36-38(7,8)26(3,4)5)25-30-29-24(35-25)18-9-12-20(13-10-18)31-37(32,33)34/h9-14,17,21,31H,15H2,1-5,7-8H3,(H,32,33,34)/t17-,21+/m0/s1. The normalized spacial score (nSPS) is 14.1. The number of nitrogens with zero attached hydrogens (tertiary/aromatic N) is 3. The molecular formula is C26H33ClN4O5SSi. The summed E-state index contributed by atoms with van der Waals surface area (Å²) in [5.41, 5.74) is 2.97.